The van der Waals surface area contributed by atoms with Gasteiger partial charge in [0.2, 0.25) is 0 Å². The number of ether oxygens (including phenoxy) is 1. The van der Waals surface area contributed by atoms with Crippen LogP contribution in [-0.4, -0.2) is 24.0 Å². The largest absolute Gasteiger partial charge is 0.455 e. The topological polar surface area (TPSA) is 79.2 Å². The van der Waals surface area contributed by atoms with Gasteiger partial charge < -0.3 is 10.1 Å². The van der Waals surface area contributed by atoms with Crippen LogP contribution in [0, 0.1) is 34.5 Å². The summed E-state index contributed by atoms with van der Waals surface area (Å²) in [5, 5.41) is 12.1. The predicted octanol–water partition coefficient (Wildman–Crippen LogP) is 2.70. The Hall–Kier alpha value is -1.57. The van der Waals surface area contributed by atoms with E-state index in [0.717, 1.165) is 32.1 Å². The third kappa shape index (κ3) is 2.70. The molecule has 0 saturated heterocycles. The Bertz CT molecular complexity index is 551. The number of nitriles is 1. The summed E-state index contributed by atoms with van der Waals surface area (Å²) in [6.07, 6.45) is 9.97. The maximum Gasteiger partial charge on any atom is 0.312 e. The van der Waals surface area contributed by atoms with Gasteiger partial charge in [-0.05, 0) is 82.0 Å². The Kier molecular flexibility index (Phi) is 3.82. The summed E-state index contributed by atoms with van der Waals surface area (Å²) >= 11 is 0. The van der Waals surface area contributed by atoms with Gasteiger partial charge in [0.25, 0.3) is 5.91 Å². The van der Waals surface area contributed by atoms with Gasteiger partial charge in [-0.2, -0.15) is 5.26 Å². The molecule has 1 N–H and O–H groups in total. The third-order valence-corrected chi connectivity index (χ3v) is 6.86. The average molecular weight is 330 g/mol. The molecule has 0 aliphatic heterocycles. The van der Waals surface area contributed by atoms with Gasteiger partial charge in [-0.15, -0.1) is 0 Å². The third-order valence-electron chi connectivity index (χ3n) is 6.86. The fourth-order valence-electron chi connectivity index (χ4n) is 6.19. The van der Waals surface area contributed by atoms with Crippen molar-refractivity contribution in [3.8, 4) is 6.07 Å². The van der Waals surface area contributed by atoms with E-state index in [9.17, 15) is 14.9 Å². The molecule has 0 unspecified atom stereocenters. The minimum absolute atomic E-state index is 0.172. The first-order chi connectivity index (χ1) is 11.5. The highest BCUT2D eigenvalue weighted by Crippen LogP contribution is 2.60. The number of amides is 1. The van der Waals surface area contributed by atoms with Crippen molar-refractivity contribution in [1.29, 1.82) is 5.26 Å². The Morgan fingerprint density at radius 1 is 1.04 bits per heavy atom. The van der Waals surface area contributed by atoms with Gasteiger partial charge >= 0.3 is 5.97 Å². The predicted molar refractivity (Wildman–Crippen MR) is 86.5 cm³/mol. The summed E-state index contributed by atoms with van der Waals surface area (Å²) in [4.78, 5) is 24.9. The lowest BCUT2D eigenvalue weighted by atomic mass is 9.49. The number of nitrogens with one attached hydrogen (secondary N) is 1. The lowest BCUT2D eigenvalue weighted by molar-refractivity contribution is -0.173. The second-order valence-corrected chi connectivity index (χ2v) is 8.72. The van der Waals surface area contributed by atoms with E-state index in [-0.39, 0.29) is 23.9 Å². The molecule has 5 nitrogen and oxygen atoms in total. The summed E-state index contributed by atoms with van der Waals surface area (Å²) in [6.45, 7) is -0.246. The Morgan fingerprint density at radius 3 is 2.08 bits per heavy atom. The van der Waals surface area contributed by atoms with Crippen LogP contribution < -0.4 is 5.32 Å². The molecule has 0 aromatic heterocycles. The average Bonchev–Trinajstić information content (AvgIpc) is 3.00. The quantitative estimate of drug-likeness (QED) is 0.804. The van der Waals surface area contributed by atoms with Crippen molar-refractivity contribution < 1.29 is 14.3 Å². The molecule has 5 saturated carbocycles. The molecular formula is C19H26N2O3. The SMILES string of the molecule is N#CC1(NC(=O)COC(=O)C23CC4CC(CC(C4)C2)C3)CCCC1. The first kappa shape index (κ1) is 15.9. The van der Waals surface area contributed by atoms with Crippen LogP contribution in [0.15, 0.2) is 0 Å². The molecule has 0 heterocycles. The van der Waals surface area contributed by atoms with E-state index in [4.69, 9.17) is 4.74 Å². The van der Waals surface area contributed by atoms with Gasteiger partial charge in [-0.3, -0.25) is 9.59 Å². The number of carbonyl (C=O) groups excluding carboxylic acids is 2. The number of carbonyl (C=O) groups is 2. The molecule has 5 heteroatoms. The summed E-state index contributed by atoms with van der Waals surface area (Å²) in [5.74, 6) is 1.53. The highest BCUT2D eigenvalue weighted by Gasteiger charge is 2.55. The fourth-order valence-corrected chi connectivity index (χ4v) is 6.19. The van der Waals surface area contributed by atoms with Crippen LogP contribution in [0.1, 0.15) is 64.2 Å². The van der Waals surface area contributed by atoms with E-state index in [1.54, 1.807) is 0 Å². The zero-order valence-electron chi connectivity index (χ0n) is 14.2. The molecule has 24 heavy (non-hydrogen) atoms. The van der Waals surface area contributed by atoms with Crippen LogP contribution in [0.5, 0.6) is 0 Å². The monoisotopic (exact) mass is 330 g/mol. The number of nitrogens with zero attached hydrogens (tertiary/aromatic N) is 1. The fraction of sp³-hybridized carbons (Fsp3) is 0.842. The van der Waals surface area contributed by atoms with Crippen LogP contribution in [0.25, 0.3) is 0 Å². The van der Waals surface area contributed by atoms with Gasteiger partial charge in [0.05, 0.1) is 11.5 Å². The second-order valence-electron chi connectivity index (χ2n) is 8.72. The molecule has 0 aromatic carbocycles. The van der Waals surface area contributed by atoms with Gasteiger partial charge in [0, 0.05) is 0 Å². The molecule has 0 spiro atoms. The minimum Gasteiger partial charge on any atom is -0.455 e. The van der Waals surface area contributed by atoms with Crippen molar-refractivity contribution in [1.82, 2.24) is 5.32 Å². The molecule has 5 aliphatic rings. The maximum absolute atomic E-state index is 12.7. The second kappa shape index (κ2) is 5.75. The van der Waals surface area contributed by atoms with Crippen molar-refractivity contribution in [3.05, 3.63) is 0 Å². The molecule has 5 aliphatic carbocycles. The summed E-state index contributed by atoms with van der Waals surface area (Å²) in [5.41, 5.74) is -1.07. The van der Waals surface area contributed by atoms with E-state index < -0.39 is 5.54 Å². The smallest absolute Gasteiger partial charge is 0.312 e. The molecule has 5 rings (SSSR count). The summed E-state index contributed by atoms with van der Waals surface area (Å²) in [7, 11) is 0. The molecule has 0 aromatic rings. The van der Waals surface area contributed by atoms with Gasteiger partial charge in [-0.1, -0.05) is 0 Å². The van der Waals surface area contributed by atoms with Crippen molar-refractivity contribution >= 4 is 11.9 Å². The first-order valence-corrected chi connectivity index (χ1v) is 9.42. The van der Waals surface area contributed by atoms with Crippen molar-refractivity contribution in [2.45, 2.75) is 69.7 Å². The van der Waals surface area contributed by atoms with Gasteiger partial charge in [0.1, 0.15) is 5.54 Å². The lowest BCUT2D eigenvalue weighted by Gasteiger charge is -2.55. The molecule has 4 bridgehead atoms. The van der Waals surface area contributed by atoms with Crippen LogP contribution in [0.4, 0.5) is 0 Å². The van der Waals surface area contributed by atoms with E-state index in [0.29, 0.717) is 30.6 Å². The molecule has 130 valence electrons. The summed E-state index contributed by atoms with van der Waals surface area (Å²) < 4.78 is 5.43. The van der Waals surface area contributed by atoms with Crippen LogP contribution in [0.2, 0.25) is 0 Å². The molecule has 0 atom stereocenters. The van der Waals surface area contributed by atoms with E-state index in [1.165, 1.54) is 19.3 Å². The molecule has 5 fully saturated rings. The van der Waals surface area contributed by atoms with Crippen molar-refractivity contribution in [2.24, 2.45) is 23.2 Å². The van der Waals surface area contributed by atoms with Crippen LogP contribution in [0.3, 0.4) is 0 Å². The number of hydrogen-bond donors (Lipinski definition) is 1. The Labute approximate surface area is 143 Å². The highest BCUT2D eigenvalue weighted by molar-refractivity contribution is 5.83. The standard InChI is InChI=1S/C19H26N2O3/c20-12-19(3-1-2-4-19)21-16(22)11-24-17(23)18-8-13-5-14(9-18)7-15(6-13)10-18/h13-15H,1-11H2,(H,21,22). The van der Waals surface area contributed by atoms with E-state index in [2.05, 4.69) is 11.4 Å². The Morgan fingerprint density at radius 2 is 1.58 bits per heavy atom. The maximum atomic E-state index is 12.7. The first-order valence-electron chi connectivity index (χ1n) is 9.42. The number of rotatable bonds is 4. The Balaban J connectivity index is 1.34. The van der Waals surface area contributed by atoms with E-state index in [1.807, 2.05) is 0 Å². The van der Waals surface area contributed by atoms with E-state index >= 15 is 0 Å². The van der Waals surface area contributed by atoms with Crippen LogP contribution in [-0.2, 0) is 14.3 Å². The minimum atomic E-state index is -0.746. The number of esters is 1. The lowest BCUT2D eigenvalue weighted by Crippen LogP contribution is -2.51. The van der Waals surface area contributed by atoms with Crippen molar-refractivity contribution in [3.63, 3.8) is 0 Å². The number of hydrogen-bond acceptors (Lipinski definition) is 4. The molecular weight excluding hydrogens is 304 g/mol. The van der Waals surface area contributed by atoms with Gasteiger partial charge in [-0.25, -0.2) is 0 Å². The zero-order chi connectivity index (χ0) is 16.8. The zero-order valence-corrected chi connectivity index (χ0v) is 14.2. The molecule has 1 amide bonds. The normalized spacial score (nSPS) is 38.5. The van der Waals surface area contributed by atoms with Crippen molar-refractivity contribution in [2.75, 3.05) is 6.61 Å². The highest BCUT2D eigenvalue weighted by atomic mass is 16.5. The van der Waals surface area contributed by atoms with Gasteiger partial charge in [0.15, 0.2) is 6.61 Å². The molecule has 0 radical (unpaired) electrons. The van der Waals surface area contributed by atoms with Crippen LogP contribution >= 0.6 is 0 Å². The summed E-state index contributed by atoms with van der Waals surface area (Å²) in [6, 6.07) is 2.23.